The van der Waals surface area contributed by atoms with E-state index < -0.39 is 81.8 Å². The zero-order valence-corrected chi connectivity index (χ0v) is 39.6. The molecule has 0 bridgehead atoms. The largest absolute Gasteiger partial charge is 0.481 e. The summed E-state index contributed by atoms with van der Waals surface area (Å²) >= 11 is 1.16. The highest BCUT2D eigenvalue weighted by Gasteiger charge is 2.29. The number of thioether (sulfide) groups is 1. The number of aliphatic hydroxyl groups is 3. The summed E-state index contributed by atoms with van der Waals surface area (Å²) in [5.74, 6) is -2.49. The lowest BCUT2D eigenvalue weighted by atomic mass is 10.1. The van der Waals surface area contributed by atoms with Crippen LogP contribution in [0.3, 0.4) is 0 Å². The minimum absolute atomic E-state index is 0.0289. The third-order valence-corrected chi connectivity index (χ3v) is 11.7. The van der Waals surface area contributed by atoms with E-state index in [0.717, 1.165) is 69.5 Å². The second kappa shape index (κ2) is 41.8. The van der Waals surface area contributed by atoms with Crippen molar-refractivity contribution in [1.82, 2.24) is 0 Å². The predicted octanol–water partition coefficient (Wildman–Crippen LogP) is 8.98. The third-order valence-electron chi connectivity index (χ3n) is 9.33. The number of esters is 2. The van der Waals surface area contributed by atoms with Crippen molar-refractivity contribution in [2.24, 2.45) is 5.73 Å². The first-order valence-corrected chi connectivity index (χ1v) is 25.4. The minimum Gasteiger partial charge on any atom is -0.481 e. The van der Waals surface area contributed by atoms with Crippen LogP contribution in [-0.2, 0) is 37.5 Å². The number of phosphoric acid groups is 1. The van der Waals surface area contributed by atoms with Crippen molar-refractivity contribution < 1.29 is 62.8 Å². The topological polar surface area (TPSA) is 232 Å². The molecule has 0 aromatic carbocycles. The Labute approximate surface area is 381 Å². The number of carbonyl (C=O) groups excluding carboxylic acids is 2. The maximum Gasteiger partial charge on any atom is 0.472 e. The first kappa shape index (κ1) is 60.2. The number of carboxylic acids is 1. The minimum atomic E-state index is -4.79. The molecule has 0 heterocycles. The number of hydrogen-bond donors (Lipinski definition) is 6. The van der Waals surface area contributed by atoms with Crippen molar-refractivity contribution in [3.8, 4) is 0 Å². The van der Waals surface area contributed by atoms with E-state index in [0.29, 0.717) is 6.42 Å². The Kier molecular flexibility index (Phi) is 39.9. The fourth-order valence-electron chi connectivity index (χ4n) is 5.62. The van der Waals surface area contributed by atoms with Gasteiger partial charge in [0.1, 0.15) is 18.8 Å². The Morgan fingerprint density at radius 3 is 1.89 bits per heavy atom. The number of allylic oxidation sites excluding steroid dienone is 11. The Morgan fingerprint density at radius 2 is 1.27 bits per heavy atom. The second-order valence-corrected chi connectivity index (χ2v) is 17.9. The van der Waals surface area contributed by atoms with E-state index in [9.17, 15) is 34.1 Å². The monoisotopic (exact) mass is 930 g/mol. The number of nitrogens with two attached hydrogens (primary N) is 1. The molecule has 14 nitrogen and oxygen atoms in total. The molecule has 0 aliphatic heterocycles. The number of hydrogen-bond acceptors (Lipinski definition) is 13. The summed E-state index contributed by atoms with van der Waals surface area (Å²) in [6.07, 6.45) is 37.7. The lowest BCUT2D eigenvalue weighted by Crippen LogP contribution is -2.40. The molecule has 0 aromatic heterocycles. The van der Waals surface area contributed by atoms with Crippen LogP contribution >= 0.6 is 19.6 Å². The average Bonchev–Trinajstić information content (AvgIpc) is 3.26. The van der Waals surface area contributed by atoms with Crippen molar-refractivity contribution >= 4 is 37.5 Å². The van der Waals surface area contributed by atoms with E-state index in [1.165, 1.54) is 38.5 Å². The van der Waals surface area contributed by atoms with Gasteiger partial charge >= 0.3 is 25.7 Å². The fraction of sp³-hybridized carbons (Fsp3) is 0.681. The molecule has 0 aliphatic carbocycles. The zero-order valence-electron chi connectivity index (χ0n) is 37.9. The van der Waals surface area contributed by atoms with Gasteiger partial charge in [-0.1, -0.05) is 132 Å². The van der Waals surface area contributed by atoms with Crippen molar-refractivity contribution in [1.29, 1.82) is 0 Å². The van der Waals surface area contributed by atoms with Gasteiger partial charge in [0.25, 0.3) is 0 Å². The molecular formula is C47H80NO13PS. The van der Waals surface area contributed by atoms with E-state index in [2.05, 4.69) is 54.8 Å². The molecular weight excluding hydrogens is 850 g/mol. The molecule has 1 unspecified atom stereocenters. The highest BCUT2D eigenvalue weighted by Crippen LogP contribution is 2.43. The molecule has 0 saturated carbocycles. The van der Waals surface area contributed by atoms with Gasteiger partial charge in [-0.2, -0.15) is 0 Å². The Balaban J connectivity index is 5.25. The first-order valence-electron chi connectivity index (χ1n) is 22.8. The summed E-state index contributed by atoms with van der Waals surface area (Å²) in [5.41, 5.74) is 6.18. The van der Waals surface area contributed by atoms with Gasteiger partial charge in [0.15, 0.2) is 6.10 Å². The Morgan fingerprint density at radius 1 is 0.698 bits per heavy atom. The zero-order chi connectivity index (χ0) is 46.8. The van der Waals surface area contributed by atoms with E-state index in [1.807, 2.05) is 18.2 Å². The number of rotatable bonds is 42. The van der Waals surface area contributed by atoms with Crippen molar-refractivity contribution in [3.05, 3.63) is 72.9 Å². The van der Waals surface area contributed by atoms with Gasteiger partial charge in [0.05, 0.1) is 25.9 Å². The van der Waals surface area contributed by atoms with Gasteiger partial charge in [0.2, 0.25) is 0 Å². The molecule has 0 aliphatic rings. The summed E-state index contributed by atoms with van der Waals surface area (Å²) in [5, 5.41) is 37.9. The fourth-order valence-corrected chi connectivity index (χ4v) is 7.54. The molecule has 0 amide bonds. The van der Waals surface area contributed by atoms with Gasteiger partial charge in [-0.3, -0.25) is 23.4 Å². The molecule has 0 rings (SSSR count). The van der Waals surface area contributed by atoms with Crippen LogP contribution in [0.1, 0.15) is 142 Å². The maximum atomic E-state index is 13.2. The quantitative estimate of drug-likeness (QED) is 0.0110. The lowest BCUT2D eigenvalue weighted by molar-refractivity contribution is -0.161. The van der Waals surface area contributed by atoms with Gasteiger partial charge in [0, 0.05) is 23.8 Å². The summed E-state index contributed by atoms with van der Waals surface area (Å²) < 4.78 is 32.8. The lowest BCUT2D eigenvalue weighted by Gasteiger charge is -2.23. The number of aliphatic hydroxyl groups excluding tert-OH is 3. The highest BCUT2D eigenvalue weighted by atomic mass is 32.2. The SMILES string of the molecule is CCCCC/C=C\C\C=C/C=C/C=C/[C@@H](SC[C@H](N)C(=O)O[C@H](COC(=O)CCCCCCC/C=C\C/C=C\CCCCC)COP(=O)(O)OC[C@@H](O)CO)[C@@H](O)CCCC(=O)O. The third kappa shape index (κ3) is 39.3. The molecule has 0 spiro atoms. The van der Waals surface area contributed by atoms with Crippen LogP contribution in [-0.4, -0.2) is 105 Å². The molecule has 7 N–H and O–H groups in total. The van der Waals surface area contributed by atoms with Gasteiger partial charge in [-0.25, -0.2) is 4.57 Å². The molecule has 63 heavy (non-hydrogen) atoms. The normalized spacial score (nSPS) is 15.8. The summed E-state index contributed by atoms with van der Waals surface area (Å²) in [4.78, 5) is 46.9. The molecule has 0 saturated heterocycles. The number of unbranched alkanes of at least 4 members (excludes halogenated alkanes) is 11. The summed E-state index contributed by atoms with van der Waals surface area (Å²) in [6, 6.07) is -1.24. The highest BCUT2D eigenvalue weighted by molar-refractivity contribution is 8.00. The van der Waals surface area contributed by atoms with Crippen LogP contribution in [0, 0.1) is 0 Å². The Bertz CT molecular complexity index is 1400. The van der Waals surface area contributed by atoms with Crippen molar-refractivity contribution in [3.63, 3.8) is 0 Å². The smallest absolute Gasteiger partial charge is 0.472 e. The van der Waals surface area contributed by atoms with Crippen molar-refractivity contribution in [2.45, 2.75) is 172 Å². The number of carboxylic acid groups (broad SMARTS) is 1. The molecule has 362 valence electrons. The van der Waals surface area contributed by atoms with Crippen molar-refractivity contribution in [2.75, 3.05) is 32.2 Å². The number of carbonyl (C=O) groups is 3. The van der Waals surface area contributed by atoms with Gasteiger partial charge in [-0.15, -0.1) is 11.8 Å². The molecule has 16 heteroatoms. The summed E-state index contributed by atoms with van der Waals surface area (Å²) in [7, 11) is -4.79. The van der Waals surface area contributed by atoms with Crippen LogP contribution in [0.5, 0.6) is 0 Å². The number of aliphatic carboxylic acids is 1. The number of ether oxygens (including phenoxy) is 2. The molecule has 0 fully saturated rings. The standard InChI is InChI=1S/C47H80NO13PS/c1-3-5-7-9-11-13-15-17-18-19-21-23-25-27-29-34-46(54)58-37-41(38-60-62(56,57)59-36-40(50)35-49)61-47(55)42(48)39-63-44(43(51)31-30-33-45(52)53)32-28-26-24-22-20-16-14-12-10-8-6-4-2/h11-14,17-18,20,22,24,26,28,32,40-44,49-51H,3-10,15-16,19,21,23,25,27,29-31,33-39,48H2,1-2H3,(H,52,53)(H,56,57)/b13-11-,14-12-,18-17-,22-20-,26-24+,32-28+/t40-,41+,42-,43-,44+/m0/s1. The van der Waals surface area contributed by atoms with Crippen LogP contribution in [0.4, 0.5) is 0 Å². The summed E-state index contributed by atoms with van der Waals surface area (Å²) in [6.45, 7) is 1.71. The van der Waals surface area contributed by atoms with Crippen LogP contribution in [0.25, 0.3) is 0 Å². The van der Waals surface area contributed by atoms with Gasteiger partial charge in [-0.05, 0) is 70.6 Å². The Hall–Kier alpha value is -2.85. The van der Waals surface area contributed by atoms with E-state index in [-0.39, 0.29) is 31.4 Å². The van der Waals surface area contributed by atoms with Gasteiger partial charge < -0.3 is 40.5 Å². The maximum absolute atomic E-state index is 13.2. The van der Waals surface area contributed by atoms with E-state index in [1.54, 1.807) is 18.2 Å². The second-order valence-electron chi connectivity index (χ2n) is 15.3. The average molecular weight is 930 g/mol. The van der Waals surface area contributed by atoms with Crippen LogP contribution in [0.2, 0.25) is 0 Å². The number of phosphoric ester groups is 1. The molecule has 0 radical (unpaired) electrons. The molecule has 0 aromatic rings. The van der Waals surface area contributed by atoms with Crippen LogP contribution in [0.15, 0.2) is 72.9 Å². The van der Waals surface area contributed by atoms with E-state index >= 15 is 0 Å². The van der Waals surface area contributed by atoms with E-state index in [4.69, 9.17) is 29.9 Å². The predicted molar refractivity (Wildman–Crippen MR) is 252 cm³/mol. The van der Waals surface area contributed by atoms with Crippen LogP contribution < -0.4 is 5.73 Å². The molecule has 6 atom stereocenters. The first-order chi connectivity index (χ1) is 30.3.